The average molecular weight is 612 g/mol. The van der Waals surface area contributed by atoms with Crippen LogP contribution < -0.4 is 21.3 Å². The molecule has 1 atom stereocenters. The number of imide groups is 1. The highest BCUT2D eigenvalue weighted by Gasteiger charge is 2.35. The summed E-state index contributed by atoms with van der Waals surface area (Å²) in [5.74, 6) is -0.442. The van der Waals surface area contributed by atoms with Gasteiger partial charge in [-0.05, 0) is 52.7 Å². The molecule has 1 aliphatic carbocycles. The molecule has 5 rings (SSSR count). The molecule has 4 N–H and O–H groups in total. The lowest BCUT2D eigenvalue weighted by Gasteiger charge is -2.21. The number of hydrogen-bond donors (Lipinski definition) is 4. The lowest BCUT2D eigenvalue weighted by Crippen LogP contribution is -2.44. The van der Waals surface area contributed by atoms with E-state index in [-0.39, 0.29) is 5.70 Å². The number of carbonyl (C=O) groups excluding carboxylic acids is 4. The second-order valence-corrected chi connectivity index (χ2v) is 11.4. The molecule has 1 aliphatic heterocycles. The van der Waals surface area contributed by atoms with Gasteiger partial charge in [-0.25, -0.2) is 24.3 Å². The Morgan fingerprint density at radius 3 is 2.72 bits per heavy atom. The van der Waals surface area contributed by atoms with Gasteiger partial charge in [0.25, 0.3) is 5.91 Å². The van der Waals surface area contributed by atoms with Crippen molar-refractivity contribution in [1.82, 2.24) is 35.1 Å². The van der Waals surface area contributed by atoms with Gasteiger partial charge < -0.3 is 30.7 Å². The molecule has 0 spiro atoms. The van der Waals surface area contributed by atoms with Gasteiger partial charge in [-0.3, -0.25) is 9.78 Å². The van der Waals surface area contributed by atoms with E-state index in [0.717, 1.165) is 17.7 Å². The molecular weight excluding hydrogens is 582 g/mol. The molecule has 1 saturated heterocycles. The number of nitrogens with one attached hydrogen (secondary N) is 4. The minimum Gasteiger partial charge on any atom is -0.444 e. The van der Waals surface area contributed by atoms with Crippen molar-refractivity contribution in [3.63, 3.8) is 0 Å². The van der Waals surface area contributed by atoms with E-state index in [1.165, 1.54) is 25.4 Å². The van der Waals surface area contributed by atoms with Crippen LogP contribution >= 0.6 is 11.6 Å². The van der Waals surface area contributed by atoms with Crippen LogP contribution in [0.25, 0.3) is 11.7 Å². The lowest BCUT2D eigenvalue weighted by atomic mass is 10.2. The third kappa shape index (κ3) is 7.12. The molecular formula is C27H30ClN9O6. The number of halogens is 1. The number of amides is 4. The van der Waals surface area contributed by atoms with Crippen LogP contribution in [0.1, 0.15) is 46.1 Å². The summed E-state index contributed by atoms with van der Waals surface area (Å²) in [7, 11) is 0. The molecule has 4 heterocycles. The van der Waals surface area contributed by atoms with Crippen molar-refractivity contribution in [3.8, 4) is 0 Å². The number of nitrogens with zero attached hydrogens (tertiary/aromatic N) is 5. The number of urea groups is 1. The Hall–Kier alpha value is -4.92. The molecule has 15 nitrogen and oxygen atoms in total. The third-order valence-electron chi connectivity index (χ3n) is 6.15. The van der Waals surface area contributed by atoms with Crippen molar-refractivity contribution in [2.24, 2.45) is 0 Å². The average Bonchev–Trinajstić information content (AvgIpc) is 3.59. The first-order valence-corrected chi connectivity index (χ1v) is 13.8. The summed E-state index contributed by atoms with van der Waals surface area (Å²) < 4.78 is 11.8. The van der Waals surface area contributed by atoms with E-state index < -0.39 is 42.4 Å². The largest absolute Gasteiger partial charge is 0.444 e. The molecule has 0 aromatic carbocycles. The molecule has 0 radical (unpaired) electrons. The van der Waals surface area contributed by atoms with E-state index in [1.54, 1.807) is 43.6 Å². The Bertz CT molecular complexity index is 1630. The number of esters is 1. The Morgan fingerprint density at radius 2 is 2.02 bits per heavy atom. The third-order valence-corrected chi connectivity index (χ3v) is 6.45. The van der Waals surface area contributed by atoms with Gasteiger partial charge in [-0.15, -0.1) is 0 Å². The van der Waals surface area contributed by atoms with Gasteiger partial charge in [0.15, 0.2) is 12.4 Å². The first kappa shape index (κ1) is 29.6. The molecule has 2 aliphatic rings. The fourth-order valence-electron chi connectivity index (χ4n) is 3.94. The van der Waals surface area contributed by atoms with E-state index in [2.05, 4.69) is 36.3 Å². The van der Waals surface area contributed by atoms with Gasteiger partial charge >= 0.3 is 18.1 Å². The van der Waals surface area contributed by atoms with E-state index in [1.807, 2.05) is 0 Å². The number of hydrogen-bond acceptors (Lipinski definition) is 11. The zero-order chi connectivity index (χ0) is 30.9. The van der Waals surface area contributed by atoms with Gasteiger partial charge in [-0.2, -0.15) is 9.61 Å². The standard InChI is InChI=1S/C27H30ClN9O6/c1-14(31-26(41)43-27(2,3)4)24(39)42-13-36-23(38)19(34-25(36)40)9-15-11-30-37-21(32-16-5-6-16)10-20(35-22(15)37)33-18-7-8-29-12-17(18)28/h7-12,14,16,32H,5-6,13H2,1-4H3,(H,31,41)(H,34,40)(H,29,33,35)/b19-9-. The smallest absolute Gasteiger partial charge is 0.408 e. The predicted octanol–water partition coefficient (Wildman–Crippen LogP) is 3.40. The molecule has 16 heteroatoms. The molecule has 1 unspecified atom stereocenters. The fourth-order valence-corrected chi connectivity index (χ4v) is 4.11. The Morgan fingerprint density at radius 1 is 1.26 bits per heavy atom. The summed E-state index contributed by atoms with van der Waals surface area (Å²) in [6, 6.07) is 1.95. The molecule has 43 heavy (non-hydrogen) atoms. The number of alkyl carbamates (subject to hydrolysis) is 1. The molecule has 1 saturated carbocycles. The van der Waals surface area contributed by atoms with Crippen molar-refractivity contribution in [3.05, 3.63) is 47.0 Å². The summed E-state index contributed by atoms with van der Waals surface area (Å²) >= 11 is 6.27. The quantitative estimate of drug-likeness (QED) is 0.158. The van der Waals surface area contributed by atoms with Crippen LogP contribution in [0.15, 0.2) is 36.4 Å². The first-order valence-electron chi connectivity index (χ1n) is 13.4. The fraction of sp³-hybridized carbons (Fsp3) is 0.370. The lowest BCUT2D eigenvalue weighted by molar-refractivity contribution is -0.150. The zero-order valence-corrected chi connectivity index (χ0v) is 24.6. The van der Waals surface area contributed by atoms with Gasteiger partial charge in [-0.1, -0.05) is 11.6 Å². The van der Waals surface area contributed by atoms with Gasteiger partial charge in [0.2, 0.25) is 0 Å². The number of aromatic nitrogens is 4. The number of fused-ring (bicyclic) bond motifs is 1. The summed E-state index contributed by atoms with van der Waals surface area (Å²) in [6.45, 7) is 5.77. The van der Waals surface area contributed by atoms with Gasteiger partial charge in [0.05, 0.1) is 16.9 Å². The molecule has 226 valence electrons. The van der Waals surface area contributed by atoms with Crippen molar-refractivity contribution in [1.29, 1.82) is 0 Å². The minimum absolute atomic E-state index is 0.0649. The predicted molar refractivity (Wildman–Crippen MR) is 155 cm³/mol. The molecule has 3 aromatic rings. The number of anilines is 3. The maximum Gasteiger partial charge on any atom is 0.408 e. The monoisotopic (exact) mass is 611 g/mol. The number of rotatable bonds is 9. The number of pyridine rings is 1. The normalized spacial score (nSPS) is 16.7. The van der Waals surface area contributed by atoms with Crippen LogP contribution in [0.3, 0.4) is 0 Å². The highest BCUT2D eigenvalue weighted by Crippen LogP contribution is 2.30. The van der Waals surface area contributed by atoms with Gasteiger partial charge in [0.1, 0.15) is 29.0 Å². The van der Waals surface area contributed by atoms with E-state index in [0.29, 0.717) is 39.6 Å². The van der Waals surface area contributed by atoms with Crippen molar-refractivity contribution in [2.45, 2.75) is 58.2 Å². The van der Waals surface area contributed by atoms with Crippen molar-refractivity contribution >= 4 is 64.6 Å². The van der Waals surface area contributed by atoms with Crippen LogP contribution in [0.5, 0.6) is 0 Å². The summed E-state index contributed by atoms with van der Waals surface area (Å²) in [4.78, 5) is 59.3. The molecule has 0 bridgehead atoms. The summed E-state index contributed by atoms with van der Waals surface area (Å²) in [5.41, 5.74) is 0.628. The molecule has 4 amide bonds. The highest BCUT2D eigenvalue weighted by molar-refractivity contribution is 6.33. The minimum atomic E-state index is -1.08. The Kier molecular flexibility index (Phi) is 8.08. The van der Waals surface area contributed by atoms with Crippen LogP contribution in [-0.4, -0.2) is 72.9 Å². The highest BCUT2D eigenvalue weighted by atomic mass is 35.5. The van der Waals surface area contributed by atoms with E-state index >= 15 is 0 Å². The summed E-state index contributed by atoms with van der Waals surface area (Å²) in [5, 5.41) is 16.3. The molecule has 3 aromatic heterocycles. The van der Waals surface area contributed by atoms with Gasteiger partial charge in [0, 0.05) is 30.1 Å². The van der Waals surface area contributed by atoms with Crippen LogP contribution in [-0.2, 0) is 19.1 Å². The van der Waals surface area contributed by atoms with Crippen LogP contribution in [0, 0.1) is 0 Å². The van der Waals surface area contributed by atoms with E-state index in [4.69, 9.17) is 21.1 Å². The second-order valence-electron chi connectivity index (χ2n) is 10.9. The maximum absolute atomic E-state index is 13.1. The first-order chi connectivity index (χ1) is 20.4. The Labute approximate surface area is 251 Å². The van der Waals surface area contributed by atoms with Crippen molar-refractivity contribution in [2.75, 3.05) is 17.4 Å². The summed E-state index contributed by atoms with van der Waals surface area (Å²) in [6.07, 6.45) is 7.31. The zero-order valence-electron chi connectivity index (χ0n) is 23.8. The molecule has 2 fully saturated rings. The SMILES string of the molecule is CC(NC(=O)OC(C)(C)C)C(=O)OCN1C(=O)N/C(=C\c2cnn3c(NC4CC4)cc(Nc4ccncc4Cl)nc23)C1=O. The van der Waals surface area contributed by atoms with E-state index in [9.17, 15) is 19.2 Å². The topological polar surface area (TPSA) is 181 Å². The number of carbonyl (C=O) groups is 4. The Balaban J connectivity index is 1.32. The van der Waals surface area contributed by atoms with Crippen LogP contribution in [0.2, 0.25) is 5.02 Å². The van der Waals surface area contributed by atoms with Crippen LogP contribution in [0.4, 0.5) is 26.9 Å². The second kappa shape index (κ2) is 11.8. The van der Waals surface area contributed by atoms with Crippen molar-refractivity contribution < 1.29 is 28.7 Å². The number of ether oxygens (including phenoxy) is 2. The maximum atomic E-state index is 13.1.